The van der Waals surface area contributed by atoms with Crippen molar-refractivity contribution >= 4 is 5.91 Å². The van der Waals surface area contributed by atoms with E-state index in [-0.39, 0.29) is 5.69 Å². The van der Waals surface area contributed by atoms with E-state index in [0.29, 0.717) is 0 Å². The van der Waals surface area contributed by atoms with Crippen molar-refractivity contribution in [2.45, 2.75) is 0 Å². The summed E-state index contributed by atoms with van der Waals surface area (Å²) in [6.45, 7) is 0. The van der Waals surface area contributed by atoms with Crippen LogP contribution >= 0.6 is 0 Å². The predicted molar refractivity (Wildman–Crippen MR) is 32.7 cm³/mol. The van der Waals surface area contributed by atoms with Gasteiger partial charge in [-0.15, -0.1) is 5.10 Å². The van der Waals surface area contributed by atoms with E-state index in [0.717, 1.165) is 0 Å². The van der Waals surface area contributed by atoms with Crippen LogP contribution in [0.1, 0.15) is 10.5 Å². The van der Waals surface area contributed by atoms with Crippen LogP contribution in [-0.2, 0) is 7.05 Å². The van der Waals surface area contributed by atoms with Crippen LogP contribution in [0.4, 0.5) is 0 Å². The van der Waals surface area contributed by atoms with Crippen molar-refractivity contribution in [1.29, 1.82) is 0 Å². The van der Waals surface area contributed by atoms with Crippen LogP contribution in [0.15, 0.2) is 6.20 Å². The Bertz CT molecular complexity index is 242. The Labute approximate surface area is 57.0 Å². The molecular weight excluding hydrogens is 134 g/mol. The smallest absolute Gasteiger partial charge is 0.287 e. The molecule has 0 bridgehead atoms. The van der Waals surface area contributed by atoms with Gasteiger partial charge in [0.2, 0.25) is 0 Å². The van der Waals surface area contributed by atoms with E-state index in [9.17, 15) is 4.79 Å². The first-order valence-electron chi connectivity index (χ1n) is 2.61. The number of carbonyl (C=O) groups excluding carboxylic acids is 1. The fourth-order valence-electron chi connectivity index (χ4n) is 0.525. The van der Waals surface area contributed by atoms with Gasteiger partial charge >= 0.3 is 0 Å². The number of rotatable bonds is 1. The highest BCUT2D eigenvalue weighted by atomic mass is 16.2. The molecule has 3 N–H and O–H groups in total. The normalized spacial score (nSPS) is 9.40. The van der Waals surface area contributed by atoms with Crippen LogP contribution in [-0.4, -0.2) is 20.9 Å². The molecule has 1 heterocycles. The highest BCUT2D eigenvalue weighted by Gasteiger charge is 2.05. The molecule has 0 aliphatic heterocycles. The fourth-order valence-corrected chi connectivity index (χ4v) is 0.525. The number of nitrogen functional groups attached to an aromatic ring is 1. The minimum atomic E-state index is -0.437. The van der Waals surface area contributed by atoms with Gasteiger partial charge in [0, 0.05) is 7.05 Å². The Morgan fingerprint density at radius 2 is 2.60 bits per heavy atom. The van der Waals surface area contributed by atoms with Gasteiger partial charge in [0.25, 0.3) is 5.91 Å². The molecule has 1 aromatic heterocycles. The lowest BCUT2D eigenvalue weighted by Gasteiger charge is -1.88. The lowest BCUT2D eigenvalue weighted by Crippen LogP contribution is -2.30. The average Bonchev–Trinajstić information content (AvgIpc) is 2.34. The molecule has 0 aromatic carbocycles. The second kappa shape index (κ2) is 2.44. The molecule has 6 nitrogen and oxygen atoms in total. The van der Waals surface area contributed by atoms with Crippen molar-refractivity contribution in [1.82, 2.24) is 20.4 Å². The van der Waals surface area contributed by atoms with E-state index in [4.69, 9.17) is 5.84 Å². The largest absolute Gasteiger partial charge is 0.289 e. The number of hydrogen-bond acceptors (Lipinski definition) is 4. The van der Waals surface area contributed by atoms with E-state index >= 15 is 0 Å². The van der Waals surface area contributed by atoms with Gasteiger partial charge < -0.3 is 0 Å². The van der Waals surface area contributed by atoms with E-state index in [1.807, 2.05) is 5.43 Å². The molecule has 0 aliphatic carbocycles. The Morgan fingerprint density at radius 3 is 3.00 bits per heavy atom. The molecule has 6 heteroatoms. The summed E-state index contributed by atoms with van der Waals surface area (Å²) in [6, 6.07) is 0. The van der Waals surface area contributed by atoms with E-state index < -0.39 is 5.91 Å². The van der Waals surface area contributed by atoms with Crippen molar-refractivity contribution in [3.05, 3.63) is 11.9 Å². The zero-order valence-electron chi connectivity index (χ0n) is 5.40. The molecule has 10 heavy (non-hydrogen) atoms. The Kier molecular flexibility index (Phi) is 1.63. The van der Waals surface area contributed by atoms with Gasteiger partial charge in [-0.25, -0.2) is 5.84 Å². The Morgan fingerprint density at radius 1 is 1.90 bits per heavy atom. The number of nitrogens with one attached hydrogen (secondary N) is 1. The SMILES string of the molecule is Cn1cc(C(=O)NN)nn1. The number of nitrogens with two attached hydrogens (primary N) is 1. The van der Waals surface area contributed by atoms with Crippen molar-refractivity contribution in [2.75, 3.05) is 0 Å². The molecule has 1 rings (SSSR count). The third-order valence-electron chi connectivity index (χ3n) is 0.966. The summed E-state index contributed by atoms with van der Waals surface area (Å²) in [5, 5.41) is 7.04. The molecule has 0 unspecified atom stereocenters. The number of amides is 1. The molecule has 54 valence electrons. The zero-order chi connectivity index (χ0) is 7.56. The van der Waals surface area contributed by atoms with Gasteiger partial charge in [-0.1, -0.05) is 5.21 Å². The summed E-state index contributed by atoms with van der Waals surface area (Å²) in [5.74, 6) is 4.40. The average molecular weight is 141 g/mol. The third kappa shape index (κ3) is 1.11. The highest BCUT2D eigenvalue weighted by molar-refractivity contribution is 5.91. The van der Waals surface area contributed by atoms with Gasteiger partial charge in [0.15, 0.2) is 5.69 Å². The fraction of sp³-hybridized carbons (Fsp3) is 0.250. The summed E-state index contributed by atoms with van der Waals surface area (Å²) in [7, 11) is 1.67. The molecule has 0 aliphatic rings. The minimum absolute atomic E-state index is 0.213. The number of aromatic nitrogens is 3. The monoisotopic (exact) mass is 141 g/mol. The second-order valence-corrected chi connectivity index (χ2v) is 1.75. The molecule has 1 aromatic rings. The van der Waals surface area contributed by atoms with Gasteiger partial charge in [0.1, 0.15) is 0 Å². The summed E-state index contributed by atoms with van der Waals surface area (Å²) in [5.41, 5.74) is 2.15. The van der Waals surface area contributed by atoms with Crippen LogP contribution in [0, 0.1) is 0 Å². The van der Waals surface area contributed by atoms with E-state index in [2.05, 4.69) is 10.3 Å². The molecule has 1 amide bonds. The van der Waals surface area contributed by atoms with Crippen molar-refractivity contribution in [3.8, 4) is 0 Å². The van der Waals surface area contributed by atoms with Crippen LogP contribution in [0.3, 0.4) is 0 Å². The van der Waals surface area contributed by atoms with Crippen molar-refractivity contribution < 1.29 is 4.79 Å². The summed E-state index contributed by atoms with van der Waals surface area (Å²) in [4.78, 5) is 10.7. The molecule has 0 fully saturated rings. The molecule has 0 spiro atoms. The lowest BCUT2D eigenvalue weighted by molar-refractivity contribution is 0.0948. The first kappa shape index (κ1) is 6.69. The maximum atomic E-state index is 10.7. The van der Waals surface area contributed by atoms with Crippen molar-refractivity contribution in [3.63, 3.8) is 0 Å². The first-order valence-corrected chi connectivity index (χ1v) is 2.61. The number of carbonyl (C=O) groups is 1. The molecule has 0 saturated heterocycles. The van der Waals surface area contributed by atoms with E-state index in [1.165, 1.54) is 10.9 Å². The first-order chi connectivity index (χ1) is 4.74. The summed E-state index contributed by atoms with van der Waals surface area (Å²) >= 11 is 0. The summed E-state index contributed by atoms with van der Waals surface area (Å²) < 4.78 is 1.42. The number of hydrazine groups is 1. The van der Waals surface area contributed by atoms with Crippen LogP contribution < -0.4 is 11.3 Å². The maximum Gasteiger partial charge on any atom is 0.287 e. The maximum absolute atomic E-state index is 10.7. The van der Waals surface area contributed by atoms with Gasteiger partial charge in [-0.2, -0.15) is 0 Å². The summed E-state index contributed by atoms with van der Waals surface area (Å²) in [6.07, 6.45) is 1.47. The Balaban J connectivity index is 2.85. The number of hydrogen-bond donors (Lipinski definition) is 2. The highest BCUT2D eigenvalue weighted by Crippen LogP contribution is 1.87. The molecule has 0 saturated carbocycles. The molecule has 0 atom stereocenters. The number of nitrogens with zero attached hydrogens (tertiary/aromatic N) is 3. The molecule has 0 radical (unpaired) electrons. The minimum Gasteiger partial charge on any atom is -0.289 e. The van der Waals surface area contributed by atoms with Crippen molar-refractivity contribution in [2.24, 2.45) is 12.9 Å². The second-order valence-electron chi connectivity index (χ2n) is 1.75. The number of aryl methyl sites for hydroxylation is 1. The van der Waals surface area contributed by atoms with Gasteiger partial charge in [-0.3, -0.25) is 14.9 Å². The lowest BCUT2D eigenvalue weighted by atomic mass is 10.5. The third-order valence-corrected chi connectivity index (χ3v) is 0.966. The predicted octanol–water partition coefficient (Wildman–Crippen LogP) is -1.58. The van der Waals surface area contributed by atoms with Crippen LogP contribution in [0.25, 0.3) is 0 Å². The van der Waals surface area contributed by atoms with Gasteiger partial charge in [0.05, 0.1) is 6.20 Å². The standard InChI is InChI=1S/C4H7N5O/c1-9-2-3(7-8-9)4(10)6-5/h2H,5H2,1H3,(H,6,10). The molecular formula is C4H7N5O. The quantitative estimate of drug-likeness (QED) is 0.281. The van der Waals surface area contributed by atoms with Gasteiger partial charge in [-0.05, 0) is 0 Å². The van der Waals surface area contributed by atoms with E-state index in [1.54, 1.807) is 7.05 Å². The van der Waals surface area contributed by atoms with Crippen LogP contribution in [0.5, 0.6) is 0 Å². The Hall–Kier alpha value is -1.43. The topological polar surface area (TPSA) is 85.8 Å². The zero-order valence-corrected chi connectivity index (χ0v) is 5.40. The van der Waals surface area contributed by atoms with Crippen LogP contribution in [0.2, 0.25) is 0 Å².